The van der Waals surface area contributed by atoms with Crippen LogP contribution in [0.1, 0.15) is 19.1 Å². The van der Waals surface area contributed by atoms with E-state index < -0.39 is 106 Å². The Kier molecular flexibility index (Phi) is 13.7. The molecule has 1 aliphatic heterocycles. The van der Waals surface area contributed by atoms with E-state index in [-0.39, 0.29) is 12.1 Å². The van der Waals surface area contributed by atoms with Gasteiger partial charge in [0.25, 0.3) is 0 Å². The zero-order valence-corrected chi connectivity index (χ0v) is 24.6. The van der Waals surface area contributed by atoms with Crippen LogP contribution in [0.4, 0.5) is 5.82 Å². The number of aldehydes is 1. The van der Waals surface area contributed by atoms with Gasteiger partial charge in [0, 0.05) is 0 Å². The highest BCUT2D eigenvalue weighted by atomic mass is 31.2. The van der Waals surface area contributed by atoms with Crippen LogP contribution < -0.4 is 5.73 Å². The molecular formula is C22H32N5O19P. The number of phosphoric acid groups is 1. The number of hydrogen-bond acceptors (Lipinski definition) is 19. The number of phosphoric ester groups is 1. The van der Waals surface area contributed by atoms with Crippen molar-refractivity contribution in [2.75, 3.05) is 18.9 Å². The van der Waals surface area contributed by atoms with Gasteiger partial charge in [0.05, 0.1) is 32.4 Å². The van der Waals surface area contributed by atoms with Gasteiger partial charge in [-0.1, -0.05) is 0 Å². The first kappa shape index (κ1) is 39.4. The molecule has 24 nitrogen and oxygen atoms in total. The number of hydrogen-bond donors (Lipinski definition) is 12. The molecule has 2 aromatic rings. The number of anilines is 1. The summed E-state index contributed by atoms with van der Waals surface area (Å²) in [7, 11) is -5.39. The summed E-state index contributed by atoms with van der Waals surface area (Å²) in [5, 5.41) is 84.0. The number of ether oxygens (including phenoxy) is 2. The Hall–Kier alpha value is -3.78. The SMILES string of the molecule is Nc1ncnc2c1ncn2[C@@H]1O[C@H](CO)[C@@H](O)[C@H]1O.O=C[C@H](OP(=O)(O)O)[C@@H](OC(=O)CC(O)(CC(=O)O)C(=O)O)[C@H](O)[C@H](O)CO. The van der Waals surface area contributed by atoms with E-state index in [1.807, 2.05) is 0 Å². The molecule has 1 aliphatic rings. The number of carbonyl (C=O) groups excluding carboxylic acids is 2. The van der Waals surface area contributed by atoms with E-state index in [1.165, 1.54) is 17.2 Å². The van der Waals surface area contributed by atoms with Crippen molar-refractivity contribution in [1.82, 2.24) is 19.5 Å². The fourth-order valence-corrected chi connectivity index (χ4v) is 4.53. The van der Waals surface area contributed by atoms with Crippen molar-refractivity contribution >= 4 is 49.0 Å². The van der Waals surface area contributed by atoms with E-state index in [9.17, 15) is 49.3 Å². The minimum absolute atomic E-state index is 0.218. The molecule has 264 valence electrons. The Morgan fingerprint density at radius 2 is 1.74 bits per heavy atom. The van der Waals surface area contributed by atoms with E-state index in [4.69, 9.17) is 40.7 Å². The van der Waals surface area contributed by atoms with Gasteiger partial charge in [0.15, 0.2) is 41.8 Å². The lowest BCUT2D eigenvalue weighted by Crippen LogP contribution is -2.51. The van der Waals surface area contributed by atoms with Crippen LogP contribution in [0.5, 0.6) is 0 Å². The molecule has 0 amide bonds. The number of aliphatic hydroxyl groups excluding tert-OH is 6. The highest BCUT2D eigenvalue weighted by Gasteiger charge is 2.45. The molecule has 1 saturated heterocycles. The Morgan fingerprint density at radius 1 is 1.11 bits per heavy atom. The Labute approximate surface area is 261 Å². The highest BCUT2D eigenvalue weighted by molar-refractivity contribution is 7.46. The monoisotopic (exact) mass is 701 g/mol. The van der Waals surface area contributed by atoms with Gasteiger partial charge in [-0.25, -0.2) is 24.3 Å². The minimum Gasteiger partial charge on any atom is -0.481 e. The maximum Gasteiger partial charge on any atom is 0.470 e. The first-order valence-electron chi connectivity index (χ1n) is 12.9. The van der Waals surface area contributed by atoms with E-state index in [0.717, 1.165) is 0 Å². The molecule has 0 aliphatic carbocycles. The molecule has 2 aromatic heterocycles. The lowest BCUT2D eigenvalue weighted by molar-refractivity contribution is -0.183. The van der Waals surface area contributed by atoms with Crippen LogP contribution in [0.3, 0.4) is 0 Å². The quantitative estimate of drug-likeness (QED) is 0.0467. The second kappa shape index (κ2) is 16.4. The molecule has 0 spiro atoms. The van der Waals surface area contributed by atoms with Gasteiger partial charge >= 0.3 is 25.7 Å². The summed E-state index contributed by atoms with van der Waals surface area (Å²) < 4.78 is 26.2. The van der Waals surface area contributed by atoms with E-state index >= 15 is 0 Å². The van der Waals surface area contributed by atoms with E-state index in [2.05, 4.69) is 24.2 Å². The number of carboxylic acids is 2. The summed E-state index contributed by atoms with van der Waals surface area (Å²) in [6, 6.07) is 0. The van der Waals surface area contributed by atoms with Crippen molar-refractivity contribution in [3.63, 3.8) is 0 Å². The lowest BCUT2D eigenvalue weighted by atomic mass is 9.95. The van der Waals surface area contributed by atoms with Crippen LogP contribution in [0, 0.1) is 0 Å². The smallest absolute Gasteiger partial charge is 0.470 e. The Bertz CT molecular complexity index is 1450. The van der Waals surface area contributed by atoms with Crippen LogP contribution in [0.2, 0.25) is 0 Å². The number of carboxylic acid groups (broad SMARTS) is 2. The summed E-state index contributed by atoms with van der Waals surface area (Å²) >= 11 is 0. The number of nitrogens with two attached hydrogens (primary N) is 1. The van der Waals surface area contributed by atoms with Crippen molar-refractivity contribution < 1.29 is 93.5 Å². The maximum absolute atomic E-state index is 11.9. The number of fused-ring (bicyclic) bond motifs is 1. The second-order valence-corrected chi connectivity index (χ2v) is 11.0. The van der Waals surface area contributed by atoms with E-state index in [1.54, 1.807) is 0 Å². The molecule has 25 heteroatoms. The van der Waals surface area contributed by atoms with Crippen molar-refractivity contribution in [3.05, 3.63) is 12.7 Å². The van der Waals surface area contributed by atoms with Crippen molar-refractivity contribution in [2.24, 2.45) is 0 Å². The van der Waals surface area contributed by atoms with E-state index in [0.29, 0.717) is 11.2 Å². The fourth-order valence-electron chi connectivity index (χ4n) is 4.04. The lowest BCUT2D eigenvalue weighted by Gasteiger charge is -2.30. The number of nitrogens with zero attached hydrogens (tertiary/aromatic N) is 4. The average Bonchev–Trinajstić information content (AvgIpc) is 3.54. The Balaban J connectivity index is 0.000000347. The molecule has 47 heavy (non-hydrogen) atoms. The van der Waals surface area contributed by atoms with Crippen LogP contribution in [-0.4, -0.2) is 161 Å². The standard InChI is InChI=1S/C12H19O15P.C10H13N5O4/c13-3-5(15)9(19)10(6(4-14)27-28(23,24)25)26-8(18)2-12(22,11(20)21)1-7(16)17;11-8-5-9(13-2-12-8)15(3-14-5)10-7(18)6(17)4(1-16)19-10/h4-6,9-10,13,15,19,22H,1-3H2,(H,16,17)(H,20,21)(H2,23,24,25);2-4,6-7,10,16-18H,1H2,(H2,11,12,13)/t5-,6+,9-,10-,12?;4-,6-,7-,10-/m11/s1. The van der Waals surface area contributed by atoms with Crippen LogP contribution >= 0.6 is 7.82 Å². The van der Waals surface area contributed by atoms with Gasteiger partial charge in [-0.2, -0.15) is 0 Å². The molecule has 0 saturated carbocycles. The summed E-state index contributed by atoms with van der Waals surface area (Å²) in [5.74, 6) is -5.45. The van der Waals surface area contributed by atoms with Gasteiger partial charge in [-0.05, 0) is 0 Å². The molecule has 9 atom stereocenters. The summed E-state index contributed by atoms with van der Waals surface area (Å²) in [5.41, 5.74) is 3.29. The van der Waals surface area contributed by atoms with Crippen molar-refractivity contribution in [1.29, 1.82) is 0 Å². The third-order valence-corrected chi connectivity index (χ3v) is 6.88. The van der Waals surface area contributed by atoms with Crippen LogP contribution in [-0.2, 0) is 37.7 Å². The number of carbonyl (C=O) groups is 4. The normalized spacial score (nSPS) is 23.4. The topological polar surface area (TPSA) is 405 Å². The molecule has 3 rings (SSSR count). The third kappa shape index (κ3) is 10.1. The number of esters is 1. The van der Waals surface area contributed by atoms with Crippen LogP contribution in [0.15, 0.2) is 12.7 Å². The van der Waals surface area contributed by atoms with Crippen LogP contribution in [0.25, 0.3) is 11.2 Å². The molecule has 1 fully saturated rings. The number of aliphatic carboxylic acids is 2. The Morgan fingerprint density at radius 3 is 2.23 bits per heavy atom. The van der Waals surface area contributed by atoms with Crippen molar-refractivity contribution in [3.8, 4) is 0 Å². The average molecular weight is 701 g/mol. The minimum atomic E-state index is -5.39. The maximum atomic E-state index is 11.9. The zero-order chi connectivity index (χ0) is 35.9. The van der Waals surface area contributed by atoms with Gasteiger partial charge in [0.2, 0.25) is 0 Å². The molecule has 13 N–H and O–H groups in total. The van der Waals surface area contributed by atoms with Gasteiger partial charge in [-0.15, -0.1) is 0 Å². The summed E-state index contributed by atoms with van der Waals surface area (Å²) in [6.07, 6.45) is -13.9. The molecule has 3 heterocycles. The molecule has 0 radical (unpaired) electrons. The second-order valence-electron chi connectivity index (χ2n) is 9.79. The number of aliphatic hydroxyl groups is 7. The molecule has 0 aromatic carbocycles. The highest BCUT2D eigenvalue weighted by Crippen LogP contribution is 2.39. The molecule has 1 unspecified atom stereocenters. The number of imidazole rings is 1. The number of aromatic nitrogens is 4. The van der Waals surface area contributed by atoms with Crippen molar-refractivity contribution in [2.45, 2.75) is 67.4 Å². The first-order chi connectivity index (χ1) is 21.8. The molecule has 0 bridgehead atoms. The first-order valence-corrected chi connectivity index (χ1v) is 14.4. The zero-order valence-electron chi connectivity index (χ0n) is 23.7. The number of nitrogen functional groups attached to an aromatic ring is 1. The largest absolute Gasteiger partial charge is 0.481 e. The van der Waals surface area contributed by atoms with Gasteiger partial charge < -0.3 is 75.7 Å². The van der Waals surface area contributed by atoms with Gasteiger partial charge in [-0.3, -0.25) is 18.7 Å². The fraction of sp³-hybridized carbons (Fsp3) is 0.591. The summed E-state index contributed by atoms with van der Waals surface area (Å²) in [6.45, 7) is -1.55. The predicted molar refractivity (Wildman–Crippen MR) is 144 cm³/mol. The molecular weight excluding hydrogens is 669 g/mol. The van der Waals surface area contributed by atoms with Gasteiger partial charge in [0.1, 0.15) is 42.4 Å². The number of rotatable bonds is 15. The predicted octanol–water partition coefficient (Wildman–Crippen LogP) is -6.01. The third-order valence-electron chi connectivity index (χ3n) is 6.36. The summed E-state index contributed by atoms with van der Waals surface area (Å²) in [4.78, 5) is 74.0.